The second-order valence-electron chi connectivity index (χ2n) is 11.2. The Hall–Kier alpha value is -2.67. The molecule has 1 saturated heterocycles. The third-order valence-corrected chi connectivity index (χ3v) is 8.97. The standard InChI is InChI=1S/C27H40N2O8.C10H12O.2ClH.Ru/c1-30-13-17-34-22-7-5-8-23(35-18-14-31-2)26(22)28-11-12-29(21-28)27-24(36-19-15-32-3)9-6-10-25(27)37-20-16-33-4;1-8(2)11-10-7-5-4-6-9(10)3;;;/h5-10,21,28H,11-20H2,1-4H3;3-8H,1-2H3;2*1H;/q;;;;+2/p-2. The normalized spacial score (nSPS) is 14.1. The Labute approximate surface area is 316 Å². The maximum atomic E-state index is 6.08. The number of halogens is 2. The molecule has 0 aliphatic carbocycles. The first-order valence-corrected chi connectivity index (χ1v) is 22.1. The van der Waals surface area contributed by atoms with Gasteiger partial charge >= 0.3 is 97.8 Å². The Balaban J connectivity index is 0.000000419. The Morgan fingerprint density at radius 3 is 1.59 bits per heavy atom. The third-order valence-electron chi connectivity index (χ3n) is 7.14. The average molecular weight is 841 g/mol. The van der Waals surface area contributed by atoms with Crippen molar-refractivity contribution < 1.29 is 61.0 Å². The van der Waals surface area contributed by atoms with Gasteiger partial charge in [0.05, 0.1) is 38.7 Å². The molecule has 11 nitrogen and oxygen atoms in total. The van der Waals surface area contributed by atoms with Gasteiger partial charge < -0.3 is 47.7 Å². The van der Waals surface area contributed by atoms with E-state index < -0.39 is 13.5 Å². The summed E-state index contributed by atoms with van der Waals surface area (Å²) >= 11 is -1.77. The van der Waals surface area contributed by atoms with Gasteiger partial charge in [-0.25, -0.2) is 0 Å². The molecule has 0 bridgehead atoms. The van der Waals surface area contributed by atoms with Crippen molar-refractivity contribution in [3.05, 3.63) is 72.9 Å². The molecule has 0 radical (unpaired) electrons. The number of anilines is 1. The number of nitrogens with one attached hydrogen (secondary N) is 1. The SMILES string of the molecule is CC(C)Oc1ccccc1[CH]=[Ru]([Cl])[Cl].COCCOc1cccc(OCCOC)c1N1[CH-][NH+](c2c(OCCOC)cccc2OCCOC)CC1. The van der Waals surface area contributed by atoms with Crippen LogP contribution < -0.4 is 33.5 Å². The van der Waals surface area contributed by atoms with Crippen LogP contribution in [0, 0.1) is 6.67 Å². The molecule has 3 aromatic rings. The van der Waals surface area contributed by atoms with E-state index in [4.69, 9.17) is 62.0 Å². The molecule has 0 amide bonds. The Morgan fingerprint density at radius 1 is 0.667 bits per heavy atom. The fourth-order valence-corrected chi connectivity index (χ4v) is 6.77. The topological polar surface area (TPSA) is 90.8 Å². The first-order chi connectivity index (χ1) is 24.8. The summed E-state index contributed by atoms with van der Waals surface area (Å²) in [7, 11) is 18.3. The predicted octanol–water partition coefficient (Wildman–Crippen LogP) is 5.49. The van der Waals surface area contributed by atoms with Crippen molar-refractivity contribution in [2.45, 2.75) is 20.0 Å². The number of nitrogens with zero attached hydrogens (tertiary/aromatic N) is 1. The van der Waals surface area contributed by atoms with E-state index in [9.17, 15) is 0 Å². The zero-order valence-electron chi connectivity index (χ0n) is 30.3. The maximum absolute atomic E-state index is 6.08. The minimum atomic E-state index is -1.77. The van der Waals surface area contributed by atoms with Crippen molar-refractivity contribution in [2.75, 3.05) is 99.3 Å². The van der Waals surface area contributed by atoms with Crippen molar-refractivity contribution >= 4 is 35.4 Å². The number of hydrogen-bond donors (Lipinski definition) is 1. The molecule has 0 aromatic heterocycles. The van der Waals surface area contributed by atoms with E-state index in [-0.39, 0.29) is 6.10 Å². The Kier molecular flexibility index (Phi) is 20.6. The van der Waals surface area contributed by atoms with Crippen molar-refractivity contribution in [1.82, 2.24) is 0 Å². The van der Waals surface area contributed by atoms with E-state index in [1.54, 1.807) is 28.4 Å². The van der Waals surface area contributed by atoms with Gasteiger partial charge in [0, 0.05) is 35.0 Å². The van der Waals surface area contributed by atoms with Crippen LogP contribution in [0.15, 0.2) is 60.7 Å². The smallest absolute Gasteiger partial charge is 0.191 e. The molecule has 14 heteroatoms. The van der Waals surface area contributed by atoms with Crippen LogP contribution in [-0.4, -0.2) is 105 Å². The van der Waals surface area contributed by atoms with Gasteiger partial charge in [0.15, 0.2) is 17.2 Å². The summed E-state index contributed by atoms with van der Waals surface area (Å²) in [6, 6.07) is 19.4. The number of quaternary nitrogens is 1. The van der Waals surface area contributed by atoms with Crippen molar-refractivity contribution in [3.8, 4) is 28.7 Å². The molecule has 0 saturated carbocycles. The zero-order valence-corrected chi connectivity index (χ0v) is 33.6. The molecule has 1 atom stereocenters. The fraction of sp³-hybridized carbons (Fsp3) is 0.459. The number of para-hydroxylation sites is 3. The Bertz CT molecular complexity index is 1330. The van der Waals surface area contributed by atoms with E-state index in [1.807, 2.05) is 79.1 Å². The molecule has 4 rings (SSSR count). The summed E-state index contributed by atoms with van der Waals surface area (Å²) in [5.74, 6) is 3.81. The molecular formula is C37H52Cl2N2O9Ru. The number of rotatable bonds is 21. The molecule has 1 heterocycles. The first-order valence-electron chi connectivity index (χ1n) is 16.6. The molecule has 1 N–H and O–H groups in total. The van der Waals surface area contributed by atoms with Crippen LogP contribution in [0.1, 0.15) is 19.4 Å². The van der Waals surface area contributed by atoms with E-state index >= 15 is 0 Å². The second kappa shape index (κ2) is 24.6. The van der Waals surface area contributed by atoms with Gasteiger partial charge in [-0.05, 0) is 30.9 Å². The molecule has 1 aliphatic rings. The van der Waals surface area contributed by atoms with Crippen LogP contribution in [0.3, 0.4) is 0 Å². The Morgan fingerprint density at radius 2 is 1.12 bits per heavy atom. The molecule has 286 valence electrons. The van der Waals surface area contributed by atoms with Crippen LogP contribution in [0.25, 0.3) is 0 Å². The summed E-state index contributed by atoms with van der Waals surface area (Å²) in [4.78, 5) is 3.25. The summed E-state index contributed by atoms with van der Waals surface area (Å²) in [6.45, 7) is 11.3. The molecule has 1 unspecified atom stereocenters. The average Bonchev–Trinajstić information content (AvgIpc) is 3.59. The number of hydrogen-bond acceptors (Lipinski definition) is 10. The van der Waals surface area contributed by atoms with Crippen LogP contribution >= 0.6 is 19.4 Å². The molecule has 3 aromatic carbocycles. The summed E-state index contributed by atoms with van der Waals surface area (Å²) in [5, 5.41) is 0. The molecule has 0 spiro atoms. The number of benzene rings is 3. The first kappa shape index (κ1) is 42.7. The summed E-state index contributed by atoms with van der Waals surface area (Å²) in [6.07, 6.45) is 0.163. The summed E-state index contributed by atoms with van der Waals surface area (Å²) < 4.78 is 52.5. The monoisotopic (exact) mass is 840 g/mol. The van der Waals surface area contributed by atoms with Crippen LogP contribution in [0.4, 0.5) is 11.4 Å². The zero-order chi connectivity index (χ0) is 36.8. The summed E-state index contributed by atoms with van der Waals surface area (Å²) in [5.41, 5.74) is 2.78. The van der Waals surface area contributed by atoms with Gasteiger partial charge in [-0.1, -0.05) is 12.1 Å². The van der Waals surface area contributed by atoms with Crippen molar-refractivity contribution in [3.63, 3.8) is 0 Å². The van der Waals surface area contributed by atoms with Crippen LogP contribution in [-0.2, 0) is 32.5 Å². The molecule has 51 heavy (non-hydrogen) atoms. The van der Waals surface area contributed by atoms with Crippen molar-refractivity contribution in [1.29, 1.82) is 0 Å². The van der Waals surface area contributed by atoms with E-state index in [1.165, 1.54) is 0 Å². The van der Waals surface area contributed by atoms with Crippen molar-refractivity contribution in [2.24, 2.45) is 0 Å². The van der Waals surface area contributed by atoms with E-state index in [2.05, 4.69) is 11.6 Å². The van der Waals surface area contributed by atoms with Gasteiger partial charge in [-0.15, -0.1) is 0 Å². The second-order valence-corrected chi connectivity index (χ2v) is 16.9. The van der Waals surface area contributed by atoms with Gasteiger partial charge in [0.1, 0.15) is 37.9 Å². The maximum Gasteiger partial charge on any atom is 0.191 e. The van der Waals surface area contributed by atoms with Gasteiger partial charge in [0.2, 0.25) is 0 Å². The number of methoxy groups -OCH3 is 4. The van der Waals surface area contributed by atoms with Gasteiger partial charge in [-0.2, -0.15) is 0 Å². The largest absolute Gasteiger partial charge is 0.489 e. The van der Waals surface area contributed by atoms with Crippen LogP contribution in [0.5, 0.6) is 28.7 Å². The van der Waals surface area contributed by atoms with E-state index in [0.717, 1.165) is 63.7 Å². The van der Waals surface area contributed by atoms with Crippen LogP contribution in [0.2, 0.25) is 0 Å². The minimum absolute atomic E-state index is 0.163. The molecular weight excluding hydrogens is 788 g/mol. The number of ether oxygens (including phenoxy) is 9. The quantitative estimate of drug-likeness (QED) is 0.0845. The van der Waals surface area contributed by atoms with Gasteiger partial charge in [0.25, 0.3) is 0 Å². The minimum Gasteiger partial charge on any atom is -0.489 e. The van der Waals surface area contributed by atoms with E-state index in [0.29, 0.717) is 52.9 Å². The molecule has 1 aliphatic heterocycles. The third kappa shape index (κ3) is 14.7. The predicted molar refractivity (Wildman–Crippen MR) is 199 cm³/mol. The fourth-order valence-electron chi connectivity index (χ4n) is 4.96. The van der Waals surface area contributed by atoms with Gasteiger partial charge in [-0.3, -0.25) is 0 Å². The molecule has 1 fully saturated rings.